The van der Waals surface area contributed by atoms with Crippen molar-refractivity contribution >= 4 is 52.3 Å². The third kappa shape index (κ3) is 8.42. The summed E-state index contributed by atoms with van der Waals surface area (Å²) in [6.07, 6.45) is 3.88. The number of carbonyl (C=O) groups is 1. The van der Waals surface area contributed by atoms with E-state index >= 15 is 0 Å². The van der Waals surface area contributed by atoms with Crippen LogP contribution in [0.5, 0.6) is 0 Å². The second-order valence-corrected chi connectivity index (χ2v) is 8.56. The standard InChI is InChI=1S/C19H29FN4O2S.HI/c1-3-21-19(24-16-9-6-10-17(12-16)27(26)4-2)22-13-18(25)23-15-8-5-7-14(20)11-15;/h5,7-8,11,16-17H,3-4,6,9-10,12-13H2,1-2H3,(H,23,25)(H2,21,22,24);1H. The third-order valence-electron chi connectivity index (χ3n) is 4.46. The van der Waals surface area contributed by atoms with Gasteiger partial charge in [-0.25, -0.2) is 9.38 Å². The van der Waals surface area contributed by atoms with Gasteiger partial charge in [-0.2, -0.15) is 0 Å². The van der Waals surface area contributed by atoms with Crippen LogP contribution in [0.3, 0.4) is 0 Å². The predicted molar refractivity (Wildman–Crippen MR) is 124 cm³/mol. The molecule has 158 valence electrons. The lowest BCUT2D eigenvalue weighted by atomic mass is 9.95. The Bertz CT molecular complexity index is 690. The lowest BCUT2D eigenvalue weighted by molar-refractivity contribution is -0.114. The van der Waals surface area contributed by atoms with Gasteiger partial charge in [0.15, 0.2) is 5.96 Å². The zero-order valence-electron chi connectivity index (χ0n) is 16.4. The van der Waals surface area contributed by atoms with Crippen LogP contribution in [0, 0.1) is 5.82 Å². The van der Waals surface area contributed by atoms with Crippen molar-refractivity contribution in [2.75, 3.05) is 24.2 Å². The first-order valence-corrected chi connectivity index (χ1v) is 10.9. The monoisotopic (exact) mass is 524 g/mol. The van der Waals surface area contributed by atoms with Crippen molar-refractivity contribution in [1.29, 1.82) is 0 Å². The summed E-state index contributed by atoms with van der Waals surface area (Å²) in [5.41, 5.74) is 0.408. The molecule has 1 aromatic carbocycles. The van der Waals surface area contributed by atoms with E-state index in [-0.39, 0.29) is 47.7 Å². The van der Waals surface area contributed by atoms with Gasteiger partial charge in [-0.1, -0.05) is 19.4 Å². The number of rotatable bonds is 7. The molecule has 0 heterocycles. The molecule has 0 bridgehead atoms. The fraction of sp³-hybridized carbons (Fsp3) is 0.579. The molecule has 3 unspecified atom stereocenters. The highest BCUT2D eigenvalue weighted by Gasteiger charge is 2.26. The van der Waals surface area contributed by atoms with Gasteiger partial charge in [0, 0.05) is 40.1 Å². The number of amides is 1. The second-order valence-electron chi connectivity index (χ2n) is 6.55. The van der Waals surface area contributed by atoms with Gasteiger partial charge in [-0.15, -0.1) is 24.0 Å². The molecule has 0 aliphatic heterocycles. The average molecular weight is 524 g/mol. The van der Waals surface area contributed by atoms with Crippen LogP contribution in [0.1, 0.15) is 39.5 Å². The number of anilines is 1. The molecule has 6 nitrogen and oxygen atoms in total. The smallest absolute Gasteiger partial charge is 0.246 e. The van der Waals surface area contributed by atoms with Crippen LogP contribution in [-0.4, -0.2) is 46.2 Å². The quantitative estimate of drug-likeness (QED) is 0.291. The second kappa shape index (κ2) is 13.1. The predicted octanol–water partition coefficient (Wildman–Crippen LogP) is 3.02. The molecule has 1 saturated carbocycles. The Balaban J connectivity index is 0.00000392. The first-order chi connectivity index (χ1) is 13.0. The molecule has 1 aromatic rings. The number of hydrogen-bond acceptors (Lipinski definition) is 3. The molecule has 3 N–H and O–H groups in total. The zero-order chi connectivity index (χ0) is 19.6. The minimum Gasteiger partial charge on any atom is -0.357 e. The Hall–Kier alpha value is -1.23. The van der Waals surface area contributed by atoms with E-state index in [0.717, 1.165) is 25.7 Å². The fourth-order valence-corrected chi connectivity index (χ4v) is 4.53. The van der Waals surface area contributed by atoms with Crippen molar-refractivity contribution in [2.45, 2.75) is 50.8 Å². The van der Waals surface area contributed by atoms with Gasteiger partial charge in [0.05, 0.1) is 0 Å². The van der Waals surface area contributed by atoms with Crippen molar-refractivity contribution in [3.63, 3.8) is 0 Å². The van der Waals surface area contributed by atoms with Crippen LogP contribution in [0.2, 0.25) is 0 Å². The molecule has 0 saturated heterocycles. The van der Waals surface area contributed by atoms with Gasteiger partial charge < -0.3 is 16.0 Å². The molecular weight excluding hydrogens is 494 g/mol. The molecule has 0 radical (unpaired) electrons. The van der Waals surface area contributed by atoms with E-state index in [9.17, 15) is 13.4 Å². The maximum atomic E-state index is 13.2. The third-order valence-corrected chi connectivity index (χ3v) is 6.20. The molecule has 1 fully saturated rings. The van der Waals surface area contributed by atoms with Gasteiger partial charge in [-0.05, 0) is 44.4 Å². The van der Waals surface area contributed by atoms with Crippen molar-refractivity contribution in [2.24, 2.45) is 4.99 Å². The SMILES string of the molecule is CCNC(=NCC(=O)Nc1cccc(F)c1)NC1CCCC(S(=O)CC)C1.I. The summed E-state index contributed by atoms with van der Waals surface area (Å²) >= 11 is 0. The molecule has 28 heavy (non-hydrogen) atoms. The molecule has 1 aliphatic carbocycles. The Morgan fingerprint density at radius 3 is 2.79 bits per heavy atom. The Kier molecular flexibility index (Phi) is 11.6. The van der Waals surface area contributed by atoms with E-state index in [1.165, 1.54) is 12.1 Å². The molecule has 0 spiro atoms. The van der Waals surface area contributed by atoms with Gasteiger partial charge in [0.25, 0.3) is 0 Å². The maximum Gasteiger partial charge on any atom is 0.246 e. The van der Waals surface area contributed by atoms with Crippen LogP contribution in [0.15, 0.2) is 29.3 Å². The summed E-state index contributed by atoms with van der Waals surface area (Å²) in [6, 6.07) is 5.96. The van der Waals surface area contributed by atoms with E-state index < -0.39 is 16.6 Å². The maximum absolute atomic E-state index is 13.2. The van der Waals surface area contributed by atoms with Crippen LogP contribution >= 0.6 is 24.0 Å². The largest absolute Gasteiger partial charge is 0.357 e. The van der Waals surface area contributed by atoms with Gasteiger partial charge >= 0.3 is 0 Å². The Morgan fingerprint density at radius 1 is 1.32 bits per heavy atom. The molecule has 0 aromatic heterocycles. The topological polar surface area (TPSA) is 82.6 Å². The van der Waals surface area contributed by atoms with Crippen LogP contribution in [-0.2, 0) is 15.6 Å². The Morgan fingerprint density at radius 2 is 2.11 bits per heavy atom. The molecule has 9 heteroatoms. The highest BCUT2D eigenvalue weighted by molar-refractivity contribution is 14.0. The molecule has 2 rings (SSSR count). The van der Waals surface area contributed by atoms with Gasteiger partial charge in [0.1, 0.15) is 12.4 Å². The zero-order valence-corrected chi connectivity index (χ0v) is 19.5. The lowest BCUT2D eigenvalue weighted by Gasteiger charge is -2.30. The van der Waals surface area contributed by atoms with Crippen LogP contribution in [0.4, 0.5) is 10.1 Å². The summed E-state index contributed by atoms with van der Waals surface area (Å²) in [4.78, 5) is 16.4. The highest BCUT2D eigenvalue weighted by atomic mass is 127. The number of nitrogens with zero attached hydrogens (tertiary/aromatic N) is 1. The van der Waals surface area contributed by atoms with Gasteiger partial charge in [0.2, 0.25) is 5.91 Å². The first-order valence-electron chi connectivity index (χ1n) is 9.49. The minimum absolute atomic E-state index is 0. The number of aliphatic imine (C=N–C) groups is 1. The average Bonchev–Trinajstić information content (AvgIpc) is 2.66. The van der Waals surface area contributed by atoms with Crippen molar-refractivity contribution in [3.05, 3.63) is 30.1 Å². The Labute approximate surface area is 186 Å². The summed E-state index contributed by atoms with van der Waals surface area (Å²) in [5.74, 6) is 0.542. The summed E-state index contributed by atoms with van der Waals surface area (Å²) < 4.78 is 25.3. The highest BCUT2D eigenvalue weighted by Crippen LogP contribution is 2.23. The summed E-state index contributed by atoms with van der Waals surface area (Å²) in [6.45, 7) is 4.52. The normalized spacial score (nSPS) is 20.6. The van der Waals surface area contributed by atoms with E-state index in [0.29, 0.717) is 23.9 Å². The van der Waals surface area contributed by atoms with Crippen molar-refractivity contribution in [1.82, 2.24) is 10.6 Å². The number of guanidine groups is 1. The lowest BCUT2D eigenvalue weighted by Crippen LogP contribution is -2.47. The number of carbonyl (C=O) groups excluding carboxylic acids is 1. The van der Waals surface area contributed by atoms with Gasteiger partial charge in [-0.3, -0.25) is 9.00 Å². The van der Waals surface area contributed by atoms with Crippen LogP contribution < -0.4 is 16.0 Å². The minimum atomic E-state index is -0.783. The number of nitrogens with one attached hydrogen (secondary N) is 3. The number of halogens is 2. The summed E-state index contributed by atoms with van der Waals surface area (Å²) in [5, 5.41) is 9.35. The number of hydrogen-bond donors (Lipinski definition) is 3. The first kappa shape index (κ1) is 24.8. The van der Waals surface area contributed by atoms with Crippen LogP contribution in [0.25, 0.3) is 0 Å². The fourth-order valence-electron chi connectivity index (χ4n) is 3.18. The summed E-state index contributed by atoms with van der Waals surface area (Å²) in [7, 11) is -0.783. The molecule has 1 amide bonds. The van der Waals surface area contributed by atoms with E-state index in [1.807, 2.05) is 13.8 Å². The van der Waals surface area contributed by atoms with E-state index in [1.54, 1.807) is 12.1 Å². The molecule has 3 atom stereocenters. The van der Waals surface area contributed by atoms with Crippen molar-refractivity contribution < 1.29 is 13.4 Å². The number of benzene rings is 1. The van der Waals surface area contributed by atoms with Crippen molar-refractivity contribution in [3.8, 4) is 0 Å². The van der Waals surface area contributed by atoms with E-state index in [2.05, 4.69) is 20.9 Å². The molecular formula is C19H30FIN4O2S. The van der Waals surface area contributed by atoms with E-state index in [4.69, 9.17) is 0 Å². The molecule has 1 aliphatic rings.